The van der Waals surface area contributed by atoms with Gasteiger partial charge in [0.2, 0.25) is 5.69 Å². The molecule has 1 aromatic heterocycles. The quantitative estimate of drug-likeness (QED) is 0.384. The molecule has 4 N–H and O–H groups in total. The number of aliphatic hydroxyl groups is 4. The molecule has 1 aromatic carbocycles. The third kappa shape index (κ3) is 3.23. The summed E-state index contributed by atoms with van der Waals surface area (Å²) in [5.74, 6) is 0. The molecule has 0 amide bonds. The van der Waals surface area contributed by atoms with Crippen LogP contribution in [0.4, 0.5) is 8.78 Å². The van der Waals surface area contributed by atoms with E-state index in [9.17, 15) is 19.0 Å². The third-order valence-electron chi connectivity index (χ3n) is 3.01. The van der Waals surface area contributed by atoms with Gasteiger partial charge in [-0.1, -0.05) is 6.07 Å². The van der Waals surface area contributed by atoms with Crippen molar-refractivity contribution in [3.05, 3.63) is 58.4 Å². The van der Waals surface area contributed by atoms with Crippen molar-refractivity contribution in [3.63, 3.8) is 0 Å². The van der Waals surface area contributed by atoms with Crippen molar-refractivity contribution < 1.29 is 33.8 Å². The van der Waals surface area contributed by atoms with Gasteiger partial charge < -0.3 is 20.4 Å². The van der Waals surface area contributed by atoms with Gasteiger partial charge in [0.15, 0.2) is 6.20 Å². The normalized spacial score (nSPS) is 12.5. The van der Waals surface area contributed by atoms with Gasteiger partial charge in [-0.15, -0.1) is 4.57 Å². The lowest BCUT2D eigenvalue weighted by molar-refractivity contribution is -0.595. The third-order valence-corrected chi connectivity index (χ3v) is 3.32. The van der Waals surface area contributed by atoms with E-state index in [-0.39, 0.29) is 10.8 Å². The average Bonchev–Trinajstić information content (AvgIpc) is 2.38. The van der Waals surface area contributed by atoms with Crippen molar-refractivity contribution in [1.82, 2.24) is 0 Å². The number of pyridine rings is 1. The lowest BCUT2D eigenvalue weighted by Crippen LogP contribution is -2.39. The number of benzene rings is 1. The number of hydrogen-bond acceptors (Lipinski definition) is 4. The van der Waals surface area contributed by atoms with Gasteiger partial charge in [-0.2, -0.15) is 8.78 Å². The van der Waals surface area contributed by atoms with Crippen LogP contribution >= 0.6 is 11.6 Å². The molecule has 118 valence electrons. The fourth-order valence-corrected chi connectivity index (χ4v) is 2.32. The maximum absolute atomic E-state index is 13.8. The smallest absolute Gasteiger partial charge is 0.336 e. The van der Waals surface area contributed by atoms with E-state index in [2.05, 4.69) is 0 Å². The minimum absolute atomic E-state index is 0.0635. The predicted molar refractivity (Wildman–Crippen MR) is 72.2 cm³/mol. The predicted octanol–water partition coefficient (Wildman–Crippen LogP) is 1.05. The summed E-state index contributed by atoms with van der Waals surface area (Å²) in [6, 6.07) is -1.66. The maximum atomic E-state index is 13.8. The monoisotopic (exact) mass is 332 g/mol. The van der Waals surface area contributed by atoms with E-state index in [0.717, 1.165) is 10.6 Å². The summed E-state index contributed by atoms with van der Waals surface area (Å²) in [6.45, 7) is 1.70. The largest absolute Gasteiger partial charge is 0.350 e. The van der Waals surface area contributed by atoms with Crippen molar-refractivity contribution in [2.75, 3.05) is 0 Å². The second kappa shape index (κ2) is 5.53. The zero-order valence-electron chi connectivity index (χ0n) is 11.3. The molecular weight excluding hydrogens is 320 g/mol. The molecule has 2 rings (SSSR count). The van der Waals surface area contributed by atoms with Crippen LogP contribution in [0.3, 0.4) is 0 Å². The molecule has 0 bridgehead atoms. The van der Waals surface area contributed by atoms with E-state index in [4.69, 9.17) is 21.8 Å². The van der Waals surface area contributed by atoms with Gasteiger partial charge in [-0.3, -0.25) is 0 Å². The number of alkyl halides is 2. The molecule has 0 aliphatic rings. The number of halogens is 3. The van der Waals surface area contributed by atoms with Crippen LogP contribution in [-0.2, 0) is 12.1 Å². The molecule has 0 spiro atoms. The van der Waals surface area contributed by atoms with Crippen molar-refractivity contribution in [1.29, 1.82) is 0 Å². The van der Waals surface area contributed by atoms with Crippen LogP contribution in [0.15, 0.2) is 36.5 Å². The van der Waals surface area contributed by atoms with Crippen LogP contribution in [0, 0.1) is 6.92 Å². The summed E-state index contributed by atoms with van der Waals surface area (Å²) >= 11 is 5.98. The minimum atomic E-state index is -4.02. The Morgan fingerprint density at radius 1 is 1.00 bits per heavy atom. The Balaban J connectivity index is 2.85. The zero-order valence-corrected chi connectivity index (χ0v) is 12.1. The first-order chi connectivity index (χ1) is 10.0. The van der Waals surface area contributed by atoms with E-state index in [0.29, 0.717) is 5.56 Å². The molecular formula is C14H13ClF2NO4+. The summed E-state index contributed by atoms with van der Waals surface area (Å²) in [4.78, 5) is 0. The zero-order chi connectivity index (χ0) is 16.7. The van der Waals surface area contributed by atoms with E-state index in [1.54, 1.807) is 13.0 Å². The summed E-state index contributed by atoms with van der Waals surface area (Å²) < 4.78 is 28.4. The summed E-state index contributed by atoms with van der Waals surface area (Å²) in [5, 5.41) is 36.8. The first kappa shape index (κ1) is 16.7. The highest BCUT2D eigenvalue weighted by Crippen LogP contribution is 2.34. The van der Waals surface area contributed by atoms with E-state index in [1.807, 2.05) is 0 Å². The van der Waals surface area contributed by atoms with Crippen LogP contribution in [0.25, 0.3) is 5.69 Å². The fourth-order valence-electron chi connectivity index (χ4n) is 2.11. The van der Waals surface area contributed by atoms with Gasteiger partial charge in [-0.05, 0) is 30.7 Å². The Morgan fingerprint density at radius 3 is 2.18 bits per heavy atom. The molecule has 0 unspecified atom stereocenters. The molecule has 2 aromatic rings. The Kier molecular flexibility index (Phi) is 4.20. The van der Waals surface area contributed by atoms with Gasteiger partial charge in [-0.25, -0.2) is 0 Å². The van der Waals surface area contributed by atoms with Crippen molar-refractivity contribution in [2.45, 2.75) is 19.0 Å². The number of aromatic nitrogens is 1. The Labute approximate surface area is 129 Å². The van der Waals surface area contributed by atoms with Gasteiger partial charge in [0.1, 0.15) is 5.56 Å². The molecule has 0 aliphatic heterocycles. The molecule has 0 saturated heterocycles. The number of nitrogens with zero attached hydrogens (tertiary/aromatic N) is 1. The van der Waals surface area contributed by atoms with Gasteiger partial charge in [0.25, 0.3) is 5.15 Å². The van der Waals surface area contributed by atoms with Crippen molar-refractivity contribution in [2.24, 2.45) is 0 Å². The van der Waals surface area contributed by atoms with Gasteiger partial charge >= 0.3 is 12.1 Å². The van der Waals surface area contributed by atoms with Crippen molar-refractivity contribution in [3.8, 4) is 5.69 Å². The molecule has 1 heterocycles. The summed E-state index contributed by atoms with van der Waals surface area (Å²) in [6.07, 6.45) is 1.44. The first-order valence-corrected chi connectivity index (χ1v) is 6.49. The molecule has 5 nitrogen and oxygen atoms in total. The van der Waals surface area contributed by atoms with Crippen LogP contribution in [0.5, 0.6) is 0 Å². The van der Waals surface area contributed by atoms with E-state index in [1.165, 1.54) is 24.4 Å². The second-order valence-corrected chi connectivity index (χ2v) is 5.16. The Bertz CT molecular complexity index is 711. The molecule has 0 saturated carbocycles. The highest BCUT2D eigenvalue weighted by molar-refractivity contribution is 6.28. The number of hydrogen-bond donors (Lipinski definition) is 4. The van der Waals surface area contributed by atoms with E-state index < -0.39 is 23.2 Å². The highest BCUT2D eigenvalue weighted by Gasteiger charge is 2.42. The molecule has 0 aliphatic carbocycles. The maximum Gasteiger partial charge on any atom is 0.350 e. The van der Waals surface area contributed by atoms with Crippen molar-refractivity contribution >= 4 is 11.6 Å². The topological polar surface area (TPSA) is 84.8 Å². The molecule has 22 heavy (non-hydrogen) atoms. The lowest BCUT2D eigenvalue weighted by Gasteiger charge is -2.21. The summed E-state index contributed by atoms with van der Waals surface area (Å²) in [7, 11) is 0. The molecule has 8 heteroatoms. The first-order valence-electron chi connectivity index (χ1n) is 6.11. The highest BCUT2D eigenvalue weighted by atomic mass is 35.5. The van der Waals surface area contributed by atoms with Gasteiger partial charge in [0, 0.05) is 17.7 Å². The molecule has 0 radical (unpaired) electrons. The van der Waals surface area contributed by atoms with Crippen LogP contribution < -0.4 is 4.57 Å². The summed E-state index contributed by atoms with van der Waals surface area (Å²) in [5.41, 5.74) is -1.69. The number of rotatable bonds is 3. The minimum Gasteiger partial charge on any atom is -0.336 e. The average molecular weight is 333 g/mol. The number of aryl methyl sites for hydroxylation is 1. The van der Waals surface area contributed by atoms with Crippen LogP contribution in [-0.4, -0.2) is 20.4 Å². The second-order valence-electron chi connectivity index (χ2n) is 4.77. The van der Waals surface area contributed by atoms with E-state index >= 15 is 0 Å². The molecule has 0 atom stereocenters. The Hall–Kier alpha value is -1.64. The van der Waals surface area contributed by atoms with Crippen LogP contribution in [0.1, 0.15) is 16.7 Å². The Morgan fingerprint density at radius 2 is 1.64 bits per heavy atom. The standard InChI is InChI=1S/C14H13ClF2NO4/c1-8-5-6-11(15)18(7-8)10-4-2-3-9(13(16,19)20)12(10)14(17,21)22/h2-7,19-22H,1H3/q+1. The SMILES string of the molecule is Cc1ccc(Cl)[n+](-c2cccc(C(O)(O)F)c2C(O)(O)F)c1. The lowest BCUT2D eigenvalue weighted by atomic mass is 10.0. The van der Waals surface area contributed by atoms with Gasteiger partial charge in [0.05, 0.1) is 5.56 Å². The van der Waals surface area contributed by atoms with Crippen LogP contribution in [0.2, 0.25) is 5.15 Å². The fraction of sp³-hybridized carbons (Fsp3) is 0.214. The molecule has 0 fully saturated rings.